The number of aryl methyl sites for hydroxylation is 3. The van der Waals surface area contributed by atoms with Gasteiger partial charge in [0.1, 0.15) is 5.75 Å². The fraction of sp³-hybridized carbons (Fsp3) is 0.174. The van der Waals surface area contributed by atoms with Gasteiger partial charge in [0.05, 0.1) is 20.5 Å². The lowest BCUT2D eigenvalue weighted by atomic mass is 10.1. The number of thiophene rings is 1. The van der Waals surface area contributed by atoms with Gasteiger partial charge in [-0.25, -0.2) is 0 Å². The van der Waals surface area contributed by atoms with Gasteiger partial charge in [0.2, 0.25) is 0 Å². The van der Waals surface area contributed by atoms with Crippen molar-refractivity contribution in [1.82, 2.24) is 10.9 Å². The molecule has 3 amide bonds. The Morgan fingerprint density at radius 2 is 1.66 bits per heavy atom. The van der Waals surface area contributed by atoms with E-state index in [0.717, 1.165) is 22.5 Å². The van der Waals surface area contributed by atoms with Gasteiger partial charge in [0.15, 0.2) is 6.61 Å². The summed E-state index contributed by atoms with van der Waals surface area (Å²) in [7, 11) is 0. The van der Waals surface area contributed by atoms with Crippen LogP contribution < -0.4 is 20.9 Å². The number of hydrogen-bond donors (Lipinski definition) is 3. The van der Waals surface area contributed by atoms with Gasteiger partial charge in [0, 0.05) is 0 Å². The van der Waals surface area contributed by atoms with Gasteiger partial charge in [-0.15, -0.1) is 11.3 Å². The lowest BCUT2D eigenvalue weighted by Crippen LogP contribution is -2.43. The minimum absolute atomic E-state index is 0.245. The highest BCUT2D eigenvalue weighted by Crippen LogP contribution is 2.27. The molecule has 1 heterocycles. The zero-order valence-electron chi connectivity index (χ0n) is 17.7. The molecule has 3 rings (SSSR count). The van der Waals surface area contributed by atoms with Gasteiger partial charge in [-0.2, -0.15) is 0 Å². The fourth-order valence-electron chi connectivity index (χ4n) is 2.77. The maximum absolute atomic E-state index is 12.5. The number of nitrogens with one attached hydrogen (secondary N) is 3. The Labute approximate surface area is 194 Å². The summed E-state index contributed by atoms with van der Waals surface area (Å²) in [5.74, 6) is -0.800. The first-order chi connectivity index (χ1) is 15.2. The number of benzene rings is 2. The Balaban J connectivity index is 1.53. The van der Waals surface area contributed by atoms with Crippen LogP contribution in [-0.2, 0) is 4.79 Å². The van der Waals surface area contributed by atoms with E-state index in [9.17, 15) is 14.4 Å². The topological polar surface area (TPSA) is 96.5 Å². The van der Waals surface area contributed by atoms with Crippen molar-refractivity contribution in [2.75, 3.05) is 11.9 Å². The van der Waals surface area contributed by atoms with Gasteiger partial charge in [0.25, 0.3) is 17.7 Å². The first kappa shape index (κ1) is 23.3. The average Bonchev–Trinajstić information content (AvgIpc) is 3.13. The summed E-state index contributed by atoms with van der Waals surface area (Å²) >= 11 is 7.14. The highest BCUT2D eigenvalue weighted by Gasteiger charge is 2.17. The summed E-state index contributed by atoms with van der Waals surface area (Å²) in [5, 5.41) is 3.56. The summed E-state index contributed by atoms with van der Waals surface area (Å²) in [5.41, 5.74) is 7.86. The summed E-state index contributed by atoms with van der Waals surface area (Å²) < 4.78 is 5.45. The number of hydrogen-bond acceptors (Lipinski definition) is 5. The molecule has 0 unspecified atom stereocenters. The van der Waals surface area contributed by atoms with Crippen LogP contribution in [0.2, 0.25) is 5.02 Å². The summed E-state index contributed by atoms with van der Waals surface area (Å²) in [6.07, 6.45) is 0. The Hall–Kier alpha value is -3.36. The minimum Gasteiger partial charge on any atom is -0.484 e. The van der Waals surface area contributed by atoms with Crippen molar-refractivity contribution < 1.29 is 19.1 Å². The fourth-order valence-corrected chi connectivity index (χ4v) is 3.95. The molecule has 0 fully saturated rings. The van der Waals surface area contributed by atoms with Gasteiger partial charge in [-0.1, -0.05) is 29.8 Å². The molecule has 0 spiro atoms. The zero-order valence-corrected chi connectivity index (χ0v) is 19.3. The van der Waals surface area contributed by atoms with Gasteiger partial charge < -0.3 is 10.1 Å². The van der Waals surface area contributed by atoms with Crippen LogP contribution in [0, 0.1) is 20.8 Å². The Morgan fingerprint density at radius 3 is 2.38 bits per heavy atom. The monoisotopic (exact) mass is 471 g/mol. The van der Waals surface area contributed by atoms with Gasteiger partial charge in [-0.3, -0.25) is 25.2 Å². The standard InChI is InChI=1S/C23H22ClN3O4S/c1-13-8-9-16(10-14(13)2)31-12-19(28)26-27-23(30)21-15(3)11-20(32-21)25-22(29)17-6-4-5-7-18(17)24/h4-11H,12H2,1-3H3,(H,25,29)(H,26,28)(H,27,30). The Bertz CT molecular complexity index is 1180. The molecule has 0 saturated carbocycles. The van der Waals surface area contributed by atoms with Crippen molar-refractivity contribution in [3.05, 3.63) is 80.7 Å². The summed E-state index contributed by atoms with van der Waals surface area (Å²) in [4.78, 5) is 37.2. The van der Waals surface area contributed by atoms with E-state index in [1.807, 2.05) is 26.0 Å². The lowest BCUT2D eigenvalue weighted by molar-refractivity contribution is -0.123. The maximum Gasteiger partial charge on any atom is 0.280 e. The number of carbonyl (C=O) groups excluding carboxylic acids is 3. The molecule has 1 aromatic heterocycles. The van der Waals surface area contributed by atoms with Crippen molar-refractivity contribution in [2.24, 2.45) is 0 Å². The van der Waals surface area contributed by atoms with Crippen LogP contribution in [0.5, 0.6) is 5.75 Å². The highest BCUT2D eigenvalue weighted by atomic mass is 35.5. The first-order valence-electron chi connectivity index (χ1n) is 9.70. The van der Waals surface area contributed by atoms with E-state index in [1.165, 1.54) is 0 Å². The second-order valence-electron chi connectivity index (χ2n) is 7.09. The van der Waals surface area contributed by atoms with Crippen molar-refractivity contribution >= 4 is 45.7 Å². The van der Waals surface area contributed by atoms with Gasteiger partial charge in [-0.05, 0) is 67.8 Å². The zero-order chi connectivity index (χ0) is 23.3. The predicted octanol–water partition coefficient (Wildman–Crippen LogP) is 4.42. The molecular weight excluding hydrogens is 450 g/mol. The van der Waals surface area contributed by atoms with E-state index in [2.05, 4.69) is 16.2 Å². The third-order valence-corrected chi connectivity index (χ3v) is 6.12. The van der Waals surface area contributed by atoms with E-state index in [1.54, 1.807) is 43.3 Å². The largest absolute Gasteiger partial charge is 0.484 e. The number of rotatable bonds is 6. The molecule has 0 saturated heterocycles. The van der Waals surface area contributed by atoms with Crippen LogP contribution in [0.25, 0.3) is 0 Å². The molecule has 0 aliphatic carbocycles. The van der Waals surface area contributed by atoms with Crippen molar-refractivity contribution in [3.63, 3.8) is 0 Å². The SMILES string of the molecule is Cc1ccc(OCC(=O)NNC(=O)c2sc(NC(=O)c3ccccc3Cl)cc2C)cc1C. The van der Waals surface area contributed by atoms with E-state index >= 15 is 0 Å². The van der Waals surface area contributed by atoms with Crippen LogP contribution in [0.15, 0.2) is 48.5 Å². The molecule has 0 bridgehead atoms. The predicted molar refractivity (Wildman–Crippen MR) is 125 cm³/mol. The number of ether oxygens (including phenoxy) is 1. The molecule has 3 N–H and O–H groups in total. The number of anilines is 1. The van der Waals surface area contributed by atoms with E-state index in [-0.39, 0.29) is 12.5 Å². The molecule has 32 heavy (non-hydrogen) atoms. The Kier molecular flexibility index (Phi) is 7.50. The van der Waals surface area contributed by atoms with Gasteiger partial charge >= 0.3 is 0 Å². The van der Waals surface area contributed by atoms with E-state index in [4.69, 9.17) is 16.3 Å². The van der Waals surface area contributed by atoms with Crippen LogP contribution in [0.3, 0.4) is 0 Å². The second kappa shape index (κ2) is 10.3. The third-order valence-electron chi connectivity index (χ3n) is 4.64. The van der Waals surface area contributed by atoms with Crippen LogP contribution >= 0.6 is 22.9 Å². The number of amides is 3. The van der Waals surface area contributed by atoms with Crippen LogP contribution in [-0.4, -0.2) is 24.3 Å². The second-order valence-corrected chi connectivity index (χ2v) is 8.55. The number of halogens is 1. The normalized spacial score (nSPS) is 10.4. The van der Waals surface area contributed by atoms with Crippen LogP contribution in [0.1, 0.15) is 36.7 Å². The molecule has 0 atom stereocenters. The molecule has 9 heteroatoms. The summed E-state index contributed by atoms with van der Waals surface area (Å²) in [6.45, 7) is 5.44. The molecule has 2 aromatic carbocycles. The minimum atomic E-state index is -0.502. The van der Waals surface area contributed by atoms with Crippen molar-refractivity contribution in [3.8, 4) is 5.75 Å². The van der Waals surface area contributed by atoms with Crippen molar-refractivity contribution in [2.45, 2.75) is 20.8 Å². The Morgan fingerprint density at radius 1 is 0.906 bits per heavy atom. The smallest absolute Gasteiger partial charge is 0.280 e. The maximum atomic E-state index is 12.5. The number of hydrazine groups is 1. The average molecular weight is 472 g/mol. The number of carbonyl (C=O) groups is 3. The van der Waals surface area contributed by atoms with Crippen LogP contribution in [0.4, 0.5) is 5.00 Å². The van der Waals surface area contributed by atoms with E-state index < -0.39 is 11.8 Å². The quantitative estimate of drug-likeness (QED) is 0.464. The molecule has 0 aliphatic rings. The molecular formula is C23H22ClN3O4S. The molecule has 166 valence electrons. The first-order valence-corrected chi connectivity index (χ1v) is 10.9. The lowest BCUT2D eigenvalue weighted by Gasteiger charge is -2.09. The molecule has 3 aromatic rings. The third kappa shape index (κ3) is 5.87. The van der Waals surface area contributed by atoms with Crippen molar-refractivity contribution in [1.29, 1.82) is 0 Å². The molecule has 0 radical (unpaired) electrons. The molecule has 0 aliphatic heterocycles. The molecule has 7 nitrogen and oxygen atoms in total. The summed E-state index contributed by atoms with van der Waals surface area (Å²) in [6, 6.07) is 13.9. The van der Waals surface area contributed by atoms with E-state index in [0.29, 0.717) is 31.8 Å². The highest BCUT2D eigenvalue weighted by molar-refractivity contribution is 7.18.